The van der Waals surface area contributed by atoms with Crippen LogP contribution in [0.1, 0.15) is 25.0 Å². The lowest BCUT2D eigenvalue weighted by Crippen LogP contribution is -2.41. The summed E-state index contributed by atoms with van der Waals surface area (Å²) in [4.78, 5) is 12.0. The molecule has 0 saturated heterocycles. The van der Waals surface area contributed by atoms with Crippen molar-refractivity contribution in [3.05, 3.63) is 70.7 Å². The summed E-state index contributed by atoms with van der Waals surface area (Å²) in [5.74, 6) is 0.139. The third kappa shape index (κ3) is 2.35. The van der Waals surface area contributed by atoms with Gasteiger partial charge < -0.3 is 4.74 Å². The lowest BCUT2D eigenvalue weighted by molar-refractivity contribution is -0.146. The van der Waals surface area contributed by atoms with Gasteiger partial charge in [-0.2, -0.15) is 5.01 Å². The molecular weight excluding hydrogens is 300 g/mol. The first kappa shape index (κ1) is 14.6. The van der Waals surface area contributed by atoms with E-state index in [9.17, 15) is 4.79 Å². The number of benzene rings is 2. The van der Waals surface area contributed by atoms with E-state index in [-0.39, 0.29) is 5.91 Å². The van der Waals surface area contributed by atoms with Crippen molar-refractivity contribution in [2.45, 2.75) is 19.6 Å². The van der Waals surface area contributed by atoms with Gasteiger partial charge in [0.15, 0.2) is 0 Å². The Morgan fingerprint density at radius 1 is 1.14 bits per heavy atom. The molecule has 1 atom stereocenters. The molecule has 5 heteroatoms. The summed E-state index contributed by atoms with van der Waals surface area (Å²) in [6, 6.07) is 16.8. The van der Waals surface area contributed by atoms with E-state index in [1.807, 2.05) is 55.5 Å². The van der Waals surface area contributed by atoms with Crippen molar-refractivity contribution >= 4 is 23.4 Å². The summed E-state index contributed by atoms with van der Waals surface area (Å²) in [5.41, 5.74) is 0.521. The van der Waals surface area contributed by atoms with E-state index in [0.29, 0.717) is 16.5 Å². The summed E-state index contributed by atoms with van der Waals surface area (Å²) in [7, 11) is 0. The van der Waals surface area contributed by atoms with Crippen LogP contribution in [0.25, 0.3) is 0 Å². The van der Waals surface area contributed by atoms with E-state index in [4.69, 9.17) is 16.3 Å². The summed E-state index contributed by atoms with van der Waals surface area (Å²) in [6.07, 6.45) is 0. The number of rotatable bonds is 2. The zero-order valence-corrected chi connectivity index (χ0v) is 13.0. The quantitative estimate of drug-likeness (QED) is 0.847. The Bertz CT molecular complexity index is 745. The third-order valence-corrected chi connectivity index (χ3v) is 3.93. The van der Waals surface area contributed by atoms with Crippen molar-refractivity contribution in [2.75, 3.05) is 0 Å². The highest BCUT2D eigenvalue weighted by molar-refractivity contribution is 6.33. The van der Waals surface area contributed by atoms with E-state index >= 15 is 0 Å². The Morgan fingerprint density at radius 2 is 1.77 bits per heavy atom. The number of hydrogen-bond acceptors (Lipinski definition) is 3. The number of carbonyl (C=O) groups excluding carboxylic acids is 1. The molecular formula is C17H15ClN2O2. The molecule has 112 valence electrons. The number of amides is 1. The van der Waals surface area contributed by atoms with E-state index in [1.54, 1.807) is 6.07 Å². The maximum Gasteiger partial charge on any atom is 0.243 e. The van der Waals surface area contributed by atoms with Crippen LogP contribution in [0.2, 0.25) is 5.02 Å². The highest BCUT2D eigenvalue weighted by Gasteiger charge is 2.45. The lowest BCUT2D eigenvalue weighted by atomic mass is 10.0. The molecule has 0 spiro atoms. The van der Waals surface area contributed by atoms with Crippen LogP contribution in [0.4, 0.5) is 0 Å². The molecule has 1 amide bonds. The van der Waals surface area contributed by atoms with Crippen molar-refractivity contribution in [3.8, 4) is 0 Å². The molecule has 0 radical (unpaired) electrons. The van der Waals surface area contributed by atoms with Gasteiger partial charge in [0, 0.05) is 19.4 Å². The van der Waals surface area contributed by atoms with Gasteiger partial charge in [0.1, 0.15) is 0 Å². The molecule has 0 unspecified atom stereocenters. The second-order valence-electron chi connectivity index (χ2n) is 5.17. The number of halogens is 1. The SMILES string of the molecule is CC(=O)N1N=C(c2ccccc2Cl)O[C@@]1(C)c1ccccc1. The third-order valence-electron chi connectivity index (χ3n) is 3.60. The molecule has 3 rings (SSSR count). The normalized spacial score (nSPS) is 20.5. The molecule has 0 N–H and O–H groups in total. The maximum atomic E-state index is 12.0. The van der Waals surface area contributed by atoms with Gasteiger partial charge in [-0.25, -0.2) is 0 Å². The minimum absolute atomic E-state index is 0.201. The van der Waals surface area contributed by atoms with E-state index in [0.717, 1.165) is 5.56 Å². The maximum absolute atomic E-state index is 12.0. The highest BCUT2D eigenvalue weighted by Crippen LogP contribution is 2.37. The number of ether oxygens (including phenoxy) is 1. The lowest BCUT2D eigenvalue weighted by Gasteiger charge is -2.31. The van der Waals surface area contributed by atoms with Gasteiger partial charge in [-0.1, -0.05) is 54.1 Å². The molecule has 22 heavy (non-hydrogen) atoms. The first-order valence-electron chi connectivity index (χ1n) is 6.91. The fraction of sp³-hybridized carbons (Fsp3) is 0.176. The standard InChI is InChI=1S/C17H15ClN2O2/c1-12(21)20-17(2,13-8-4-3-5-9-13)22-16(19-20)14-10-6-7-11-15(14)18/h3-11H,1-2H3/t17-/m0/s1. The van der Waals surface area contributed by atoms with Gasteiger partial charge >= 0.3 is 0 Å². The minimum Gasteiger partial charge on any atom is -0.443 e. The molecule has 2 aromatic rings. The van der Waals surface area contributed by atoms with Crippen LogP contribution in [0.15, 0.2) is 59.7 Å². The molecule has 0 aromatic heterocycles. The first-order chi connectivity index (χ1) is 10.5. The van der Waals surface area contributed by atoms with Crippen molar-refractivity contribution in [1.82, 2.24) is 5.01 Å². The van der Waals surface area contributed by atoms with Crippen LogP contribution < -0.4 is 0 Å². The smallest absolute Gasteiger partial charge is 0.243 e. The van der Waals surface area contributed by atoms with Gasteiger partial charge in [0.2, 0.25) is 17.5 Å². The van der Waals surface area contributed by atoms with Gasteiger partial charge in [0.05, 0.1) is 10.6 Å². The van der Waals surface area contributed by atoms with Crippen molar-refractivity contribution < 1.29 is 9.53 Å². The Labute approximate surface area is 134 Å². The zero-order valence-electron chi connectivity index (χ0n) is 12.3. The second kappa shape index (κ2) is 5.46. The topological polar surface area (TPSA) is 41.9 Å². The van der Waals surface area contributed by atoms with Crippen molar-refractivity contribution in [2.24, 2.45) is 5.10 Å². The summed E-state index contributed by atoms with van der Waals surface area (Å²) in [6.45, 7) is 3.28. The van der Waals surface area contributed by atoms with E-state index < -0.39 is 5.72 Å². The van der Waals surface area contributed by atoms with Gasteiger partial charge in [-0.05, 0) is 12.1 Å². The largest absolute Gasteiger partial charge is 0.443 e. The Hall–Kier alpha value is -2.33. The zero-order chi connectivity index (χ0) is 15.7. The summed E-state index contributed by atoms with van der Waals surface area (Å²) < 4.78 is 6.05. The second-order valence-corrected chi connectivity index (χ2v) is 5.57. The molecule has 0 bridgehead atoms. The Balaban J connectivity index is 2.06. The summed E-state index contributed by atoms with van der Waals surface area (Å²) >= 11 is 6.21. The molecule has 1 aliphatic rings. The fourth-order valence-corrected chi connectivity index (χ4v) is 2.70. The molecule has 0 aliphatic carbocycles. The predicted molar refractivity (Wildman–Crippen MR) is 85.4 cm³/mol. The number of hydrogen-bond donors (Lipinski definition) is 0. The number of carbonyl (C=O) groups is 1. The van der Waals surface area contributed by atoms with Crippen LogP contribution in [-0.4, -0.2) is 16.8 Å². The van der Waals surface area contributed by atoms with Crippen molar-refractivity contribution in [1.29, 1.82) is 0 Å². The highest BCUT2D eigenvalue weighted by atomic mass is 35.5. The Morgan fingerprint density at radius 3 is 2.41 bits per heavy atom. The fourth-order valence-electron chi connectivity index (χ4n) is 2.48. The number of nitrogens with zero attached hydrogens (tertiary/aromatic N) is 2. The molecule has 0 saturated carbocycles. The van der Waals surface area contributed by atoms with Gasteiger partial charge in [-0.15, -0.1) is 5.10 Å². The van der Waals surface area contributed by atoms with Crippen LogP contribution in [0.5, 0.6) is 0 Å². The van der Waals surface area contributed by atoms with Crippen molar-refractivity contribution in [3.63, 3.8) is 0 Å². The van der Waals surface area contributed by atoms with Crippen LogP contribution in [0, 0.1) is 0 Å². The molecule has 2 aromatic carbocycles. The average molecular weight is 315 g/mol. The average Bonchev–Trinajstić information content (AvgIpc) is 2.88. The molecule has 1 heterocycles. The van der Waals surface area contributed by atoms with Crippen LogP contribution >= 0.6 is 11.6 Å². The summed E-state index contributed by atoms with van der Waals surface area (Å²) in [5, 5.41) is 6.22. The van der Waals surface area contributed by atoms with Gasteiger partial charge in [0.25, 0.3) is 0 Å². The molecule has 1 aliphatic heterocycles. The van der Waals surface area contributed by atoms with Gasteiger partial charge in [-0.3, -0.25) is 4.79 Å². The van der Waals surface area contributed by atoms with E-state index in [1.165, 1.54) is 11.9 Å². The molecule has 4 nitrogen and oxygen atoms in total. The first-order valence-corrected chi connectivity index (χ1v) is 7.29. The molecule has 0 fully saturated rings. The minimum atomic E-state index is -0.985. The van der Waals surface area contributed by atoms with Crippen LogP contribution in [0.3, 0.4) is 0 Å². The number of hydrazone groups is 1. The van der Waals surface area contributed by atoms with Crippen LogP contribution in [-0.2, 0) is 15.3 Å². The monoisotopic (exact) mass is 314 g/mol. The van der Waals surface area contributed by atoms with E-state index in [2.05, 4.69) is 5.10 Å². The Kier molecular flexibility index (Phi) is 3.62. The predicted octanol–water partition coefficient (Wildman–Crippen LogP) is 3.75.